The number of rotatable bonds is 8. The number of hydrogen-bond donors (Lipinski definition) is 0. The van der Waals surface area contributed by atoms with Gasteiger partial charge < -0.3 is 4.74 Å². The average Bonchev–Trinajstić information content (AvgIpc) is 3.55. The molecular formula is C25H25F3N6O. The van der Waals surface area contributed by atoms with Crippen LogP contribution in [0.1, 0.15) is 41.2 Å². The van der Waals surface area contributed by atoms with Crippen LogP contribution >= 0.6 is 0 Å². The van der Waals surface area contributed by atoms with Gasteiger partial charge in [0, 0.05) is 30.3 Å². The molecule has 4 aromatic rings. The Labute approximate surface area is 200 Å². The molecule has 0 radical (unpaired) electrons. The maximum Gasteiger partial charge on any atom is 0.387 e. The Morgan fingerprint density at radius 1 is 1.06 bits per heavy atom. The molecule has 0 aliphatic heterocycles. The number of ether oxygens (including phenoxy) is 1. The largest absolute Gasteiger partial charge is 0.431 e. The number of nitrogens with zero attached hydrogens (tertiary/aromatic N) is 6. The molecule has 182 valence electrons. The standard InChI is InChI=1S/C25H25F3N6O/c1-14-21(33(12-17-4-5-17)32-23(14)18-6-8-19(26)9-7-18)10-20-11-22(30-13-29-20)34-16(3)24(15(2)31-34)35-25(27)28/h6-9,11,13,17,25H,4-5,10,12H2,1-3H3. The fourth-order valence-corrected chi connectivity index (χ4v) is 4.27. The zero-order chi connectivity index (χ0) is 24.7. The molecule has 35 heavy (non-hydrogen) atoms. The van der Waals surface area contributed by atoms with Crippen LogP contribution in [0.4, 0.5) is 13.2 Å². The fraction of sp³-hybridized carbons (Fsp3) is 0.360. The smallest absolute Gasteiger partial charge is 0.387 e. The second-order valence-electron chi connectivity index (χ2n) is 8.89. The quantitative estimate of drug-likeness (QED) is 0.346. The van der Waals surface area contributed by atoms with Crippen LogP contribution < -0.4 is 4.74 Å². The lowest BCUT2D eigenvalue weighted by molar-refractivity contribution is -0.0507. The summed E-state index contributed by atoms with van der Waals surface area (Å²) in [7, 11) is 0. The van der Waals surface area contributed by atoms with Gasteiger partial charge in [-0.15, -0.1) is 0 Å². The van der Waals surface area contributed by atoms with Crippen molar-refractivity contribution >= 4 is 0 Å². The van der Waals surface area contributed by atoms with E-state index in [0.717, 1.165) is 34.8 Å². The first-order valence-corrected chi connectivity index (χ1v) is 11.4. The molecule has 0 spiro atoms. The lowest BCUT2D eigenvalue weighted by Gasteiger charge is -2.09. The van der Waals surface area contributed by atoms with Crippen molar-refractivity contribution < 1.29 is 17.9 Å². The highest BCUT2D eigenvalue weighted by Crippen LogP contribution is 2.34. The second-order valence-corrected chi connectivity index (χ2v) is 8.89. The van der Waals surface area contributed by atoms with E-state index in [0.29, 0.717) is 29.5 Å². The number of hydrogen-bond acceptors (Lipinski definition) is 5. The van der Waals surface area contributed by atoms with E-state index >= 15 is 0 Å². The normalized spacial score (nSPS) is 13.6. The molecule has 0 unspecified atom stereocenters. The topological polar surface area (TPSA) is 70.7 Å². The van der Waals surface area contributed by atoms with Gasteiger partial charge in [0.25, 0.3) is 0 Å². The SMILES string of the molecule is Cc1nn(-c2cc(Cc3c(C)c(-c4ccc(F)cc4)nn3CC3CC3)ncn2)c(C)c1OC(F)F. The van der Waals surface area contributed by atoms with E-state index in [-0.39, 0.29) is 11.6 Å². The number of aromatic nitrogens is 6. The van der Waals surface area contributed by atoms with Crippen LogP contribution in [0.2, 0.25) is 0 Å². The van der Waals surface area contributed by atoms with E-state index in [1.165, 1.54) is 36.0 Å². The predicted octanol–water partition coefficient (Wildman–Crippen LogP) is 5.19. The molecule has 1 fully saturated rings. The van der Waals surface area contributed by atoms with Crippen LogP contribution in [-0.2, 0) is 13.0 Å². The summed E-state index contributed by atoms with van der Waals surface area (Å²) in [6.45, 7) is 3.17. The third kappa shape index (κ3) is 4.78. The zero-order valence-corrected chi connectivity index (χ0v) is 19.7. The summed E-state index contributed by atoms with van der Waals surface area (Å²) in [6, 6.07) is 8.13. The lowest BCUT2D eigenvalue weighted by atomic mass is 10.0. The Morgan fingerprint density at radius 3 is 2.49 bits per heavy atom. The summed E-state index contributed by atoms with van der Waals surface area (Å²) in [5.74, 6) is 0.827. The number of alkyl halides is 2. The molecule has 5 rings (SSSR count). The van der Waals surface area contributed by atoms with Crippen LogP contribution in [0.5, 0.6) is 5.75 Å². The number of aryl methyl sites for hydroxylation is 1. The first-order valence-electron chi connectivity index (χ1n) is 11.4. The third-order valence-corrected chi connectivity index (χ3v) is 6.27. The predicted molar refractivity (Wildman–Crippen MR) is 123 cm³/mol. The Balaban J connectivity index is 1.49. The van der Waals surface area contributed by atoms with E-state index in [4.69, 9.17) is 5.10 Å². The van der Waals surface area contributed by atoms with Crippen LogP contribution in [0.3, 0.4) is 0 Å². The summed E-state index contributed by atoms with van der Waals surface area (Å²) in [6.07, 6.45) is 4.31. The van der Waals surface area contributed by atoms with E-state index in [1.54, 1.807) is 32.0 Å². The summed E-state index contributed by atoms with van der Waals surface area (Å²) in [4.78, 5) is 8.74. The Kier molecular flexibility index (Phi) is 6.04. The van der Waals surface area contributed by atoms with Gasteiger partial charge in [0.15, 0.2) is 11.6 Å². The minimum atomic E-state index is -2.93. The van der Waals surface area contributed by atoms with Crippen molar-refractivity contribution in [3.63, 3.8) is 0 Å². The van der Waals surface area contributed by atoms with E-state index in [9.17, 15) is 13.2 Å². The maximum atomic E-state index is 13.5. The summed E-state index contributed by atoms with van der Waals surface area (Å²) >= 11 is 0. The van der Waals surface area contributed by atoms with Gasteiger partial charge in [0.05, 0.1) is 17.1 Å². The van der Waals surface area contributed by atoms with Crippen LogP contribution in [-0.4, -0.2) is 36.1 Å². The Bertz CT molecular complexity index is 1360. The summed E-state index contributed by atoms with van der Waals surface area (Å²) < 4.78 is 47.2. The first kappa shape index (κ1) is 23.1. The second kappa shape index (κ2) is 9.16. The van der Waals surface area contributed by atoms with Crippen molar-refractivity contribution in [1.29, 1.82) is 0 Å². The van der Waals surface area contributed by atoms with Crippen LogP contribution in [0.15, 0.2) is 36.7 Å². The highest BCUT2D eigenvalue weighted by Gasteiger charge is 2.26. The third-order valence-electron chi connectivity index (χ3n) is 6.27. The molecule has 1 saturated carbocycles. The van der Waals surface area contributed by atoms with Gasteiger partial charge >= 0.3 is 6.61 Å². The minimum Gasteiger partial charge on any atom is -0.431 e. The highest BCUT2D eigenvalue weighted by molar-refractivity contribution is 5.64. The molecule has 1 aliphatic rings. The van der Waals surface area contributed by atoms with Crippen LogP contribution in [0.25, 0.3) is 17.1 Å². The fourth-order valence-electron chi connectivity index (χ4n) is 4.27. The molecule has 0 saturated heterocycles. The summed E-state index contributed by atoms with van der Waals surface area (Å²) in [5, 5.41) is 9.20. The number of halogens is 3. The Morgan fingerprint density at radius 2 is 1.80 bits per heavy atom. The molecule has 3 aromatic heterocycles. The molecule has 10 heteroatoms. The van der Waals surface area contributed by atoms with E-state index in [1.807, 2.05) is 11.6 Å². The molecule has 3 heterocycles. The van der Waals surface area contributed by atoms with Crippen LogP contribution in [0, 0.1) is 32.5 Å². The molecule has 0 amide bonds. The molecule has 0 atom stereocenters. The van der Waals surface area contributed by atoms with Gasteiger partial charge in [-0.25, -0.2) is 19.0 Å². The average molecular weight is 483 g/mol. The Hall–Kier alpha value is -3.69. The molecule has 7 nitrogen and oxygen atoms in total. The van der Waals surface area contributed by atoms with Gasteiger partial charge in [-0.2, -0.15) is 19.0 Å². The molecule has 0 N–H and O–H groups in total. The molecule has 0 bridgehead atoms. The molecule has 1 aromatic carbocycles. The molecular weight excluding hydrogens is 457 g/mol. The first-order chi connectivity index (χ1) is 16.8. The summed E-state index contributed by atoms with van der Waals surface area (Å²) in [5.41, 5.74) is 5.24. The van der Waals surface area contributed by atoms with Crippen molar-refractivity contribution in [1.82, 2.24) is 29.5 Å². The molecule has 1 aliphatic carbocycles. The van der Waals surface area contributed by atoms with Crippen molar-refractivity contribution in [3.05, 3.63) is 70.8 Å². The highest BCUT2D eigenvalue weighted by atomic mass is 19.3. The van der Waals surface area contributed by atoms with Gasteiger partial charge in [0.2, 0.25) is 0 Å². The zero-order valence-electron chi connectivity index (χ0n) is 19.7. The minimum absolute atomic E-state index is 0.0439. The van der Waals surface area contributed by atoms with Gasteiger partial charge in [0.1, 0.15) is 17.8 Å². The van der Waals surface area contributed by atoms with Gasteiger partial charge in [-0.3, -0.25) is 4.68 Å². The number of benzene rings is 1. The van der Waals surface area contributed by atoms with Crippen molar-refractivity contribution in [3.8, 4) is 22.8 Å². The van der Waals surface area contributed by atoms with Crippen molar-refractivity contribution in [2.45, 2.75) is 53.2 Å². The van der Waals surface area contributed by atoms with Crippen molar-refractivity contribution in [2.75, 3.05) is 0 Å². The van der Waals surface area contributed by atoms with Gasteiger partial charge in [-0.05, 0) is 69.4 Å². The lowest BCUT2D eigenvalue weighted by Crippen LogP contribution is -2.10. The van der Waals surface area contributed by atoms with Gasteiger partial charge in [-0.1, -0.05) is 0 Å². The maximum absolute atomic E-state index is 13.5. The van der Waals surface area contributed by atoms with E-state index in [2.05, 4.69) is 19.8 Å². The van der Waals surface area contributed by atoms with E-state index < -0.39 is 6.61 Å². The van der Waals surface area contributed by atoms with Crippen molar-refractivity contribution in [2.24, 2.45) is 5.92 Å². The monoisotopic (exact) mass is 482 g/mol.